The molecule has 0 aliphatic rings. The minimum Gasteiger partial charge on any atom is -0.491 e. The van der Waals surface area contributed by atoms with E-state index < -0.39 is 10.8 Å². The van der Waals surface area contributed by atoms with Crippen LogP contribution >= 0.6 is 12.2 Å². The van der Waals surface area contributed by atoms with Gasteiger partial charge in [0.1, 0.15) is 12.4 Å². The van der Waals surface area contributed by atoms with Crippen LogP contribution in [0.1, 0.15) is 12.5 Å². The highest BCUT2D eigenvalue weighted by atomic mass is 32.1. The summed E-state index contributed by atoms with van der Waals surface area (Å²) in [6.45, 7) is 3.56. The van der Waals surface area contributed by atoms with Crippen LogP contribution in [0.3, 0.4) is 0 Å². The third kappa shape index (κ3) is 8.08. The fourth-order valence-electron chi connectivity index (χ4n) is 2.23. The Balaban J connectivity index is 1.81. The second kappa shape index (κ2) is 11.5. The lowest BCUT2D eigenvalue weighted by Gasteiger charge is -2.10. The van der Waals surface area contributed by atoms with Crippen LogP contribution in [0, 0.1) is 10.1 Å². The molecule has 0 aliphatic heterocycles. The number of carbonyl (C=O) groups excluding carboxylic acids is 1. The summed E-state index contributed by atoms with van der Waals surface area (Å²) in [6.07, 6.45) is 2.72. The first-order valence-corrected chi connectivity index (χ1v) is 9.24. The van der Waals surface area contributed by atoms with Gasteiger partial charge in [-0.15, -0.1) is 0 Å². The molecule has 2 rings (SSSR count). The van der Waals surface area contributed by atoms with Gasteiger partial charge in [-0.2, -0.15) is 0 Å². The van der Waals surface area contributed by atoms with Gasteiger partial charge in [-0.25, -0.2) is 0 Å². The van der Waals surface area contributed by atoms with E-state index >= 15 is 0 Å². The Morgan fingerprint density at radius 2 is 1.97 bits per heavy atom. The van der Waals surface area contributed by atoms with Gasteiger partial charge in [0, 0.05) is 30.5 Å². The molecular weight excluding hydrogens is 394 g/mol. The summed E-state index contributed by atoms with van der Waals surface area (Å²) >= 11 is 5.12. The summed E-state index contributed by atoms with van der Waals surface area (Å²) in [6, 6.07) is 13.1. The summed E-state index contributed by atoms with van der Waals surface area (Å²) in [5.74, 6) is 0.245. The first-order valence-electron chi connectivity index (χ1n) is 8.83. The number of nitro benzene ring substituents is 1. The molecule has 2 aromatic rings. The van der Waals surface area contributed by atoms with E-state index in [1.807, 2.05) is 6.92 Å². The predicted octanol–water partition coefficient (Wildman–Crippen LogP) is 3.54. The highest BCUT2D eigenvalue weighted by Crippen LogP contribution is 2.16. The lowest BCUT2D eigenvalue weighted by atomic mass is 10.2. The molecule has 2 aromatic carbocycles. The molecule has 0 saturated carbocycles. The molecule has 0 spiro atoms. The van der Waals surface area contributed by atoms with Crippen molar-refractivity contribution in [2.45, 2.75) is 6.92 Å². The number of amides is 1. The Kier molecular flexibility index (Phi) is 8.74. The molecule has 0 fully saturated rings. The van der Waals surface area contributed by atoms with Crippen molar-refractivity contribution in [1.82, 2.24) is 5.32 Å². The lowest BCUT2D eigenvalue weighted by Crippen LogP contribution is -2.32. The third-order valence-corrected chi connectivity index (χ3v) is 3.76. The predicted molar refractivity (Wildman–Crippen MR) is 115 cm³/mol. The highest BCUT2D eigenvalue weighted by Gasteiger charge is 2.05. The standard InChI is InChI=1S/C20H21N3O5S/c1-2-27-12-13-28-18-9-7-16(8-10-18)21-20(29)22-19(24)11-6-15-4-3-5-17(14-15)23(25)26/h3-11,14H,2,12-13H2,1H3,(H2,21,22,24,29)/b11-6+. The van der Waals surface area contributed by atoms with E-state index in [-0.39, 0.29) is 10.8 Å². The normalized spacial score (nSPS) is 10.5. The average Bonchev–Trinajstić information content (AvgIpc) is 2.71. The number of hydrogen-bond donors (Lipinski definition) is 2. The van der Waals surface area contributed by atoms with E-state index in [0.29, 0.717) is 36.8 Å². The van der Waals surface area contributed by atoms with Crippen LogP contribution in [-0.4, -0.2) is 35.8 Å². The number of carbonyl (C=O) groups is 1. The van der Waals surface area contributed by atoms with E-state index in [1.54, 1.807) is 36.4 Å². The fraction of sp³-hybridized carbons (Fsp3) is 0.200. The third-order valence-electron chi connectivity index (χ3n) is 3.56. The first kappa shape index (κ1) is 22.0. The van der Waals surface area contributed by atoms with Crippen LogP contribution in [0.2, 0.25) is 0 Å². The molecule has 0 heterocycles. The number of nitrogens with zero attached hydrogens (tertiary/aromatic N) is 1. The largest absolute Gasteiger partial charge is 0.491 e. The fourth-order valence-corrected chi connectivity index (χ4v) is 2.45. The van der Waals surface area contributed by atoms with E-state index in [1.165, 1.54) is 24.3 Å². The number of benzene rings is 2. The smallest absolute Gasteiger partial charge is 0.270 e. The second-order valence-electron chi connectivity index (χ2n) is 5.70. The molecule has 0 atom stereocenters. The minimum absolute atomic E-state index is 0.0462. The zero-order chi connectivity index (χ0) is 21.1. The number of rotatable bonds is 9. The van der Waals surface area contributed by atoms with E-state index in [2.05, 4.69) is 10.6 Å². The molecule has 0 radical (unpaired) electrons. The number of non-ortho nitro benzene ring substituents is 1. The van der Waals surface area contributed by atoms with Gasteiger partial charge in [0.05, 0.1) is 11.5 Å². The number of anilines is 1. The molecule has 0 saturated heterocycles. The molecule has 0 aliphatic carbocycles. The highest BCUT2D eigenvalue weighted by molar-refractivity contribution is 7.80. The number of ether oxygens (including phenoxy) is 2. The molecule has 8 nitrogen and oxygen atoms in total. The Hall–Kier alpha value is -3.30. The summed E-state index contributed by atoms with van der Waals surface area (Å²) in [7, 11) is 0. The van der Waals surface area contributed by atoms with Gasteiger partial charge in [0.15, 0.2) is 5.11 Å². The van der Waals surface area contributed by atoms with E-state index in [4.69, 9.17) is 21.7 Å². The van der Waals surface area contributed by atoms with Crippen molar-refractivity contribution in [1.29, 1.82) is 0 Å². The maximum Gasteiger partial charge on any atom is 0.270 e. The van der Waals surface area contributed by atoms with Gasteiger partial charge in [-0.1, -0.05) is 12.1 Å². The molecule has 29 heavy (non-hydrogen) atoms. The van der Waals surface area contributed by atoms with Crippen molar-refractivity contribution in [2.24, 2.45) is 0 Å². The number of hydrogen-bond acceptors (Lipinski definition) is 6. The maximum atomic E-state index is 12.0. The van der Waals surface area contributed by atoms with Crippen LogP contribution in [0.25, 0.3) is 6.08 Å². The van der Waals surface area contributed by atoms with Gasteiger partial charge in [-0.3, -0.25) is 20.2 Å². The van der Waals surface area contributed by atoms with Crippen molar-refractivity contribution >= 4 is 40.7 Å². The Morgan fingerprint density at radius 1 is 1.21 bits per heavy atom. The topological polar surface area (TPSA) is 103 Å². The molecular formula is C20H21N3O5S. The molecule has 0 bridgehead atoms. The molecule has 0 unspecified atom stereocenters. The summed E-state index contributed by atoms with van der Waals surface area (Å²) < 4.78 is 10.7. The molecule has 1 amide bonds. The van der Waals surface area contributed by atoms with Crippen molar-refractivity contribution in [3.8, 4) is 5.75 Å². The number of thiocarbonyl (C=S) groups is 1. The van der Waals surface area contributed by atoms with Crippen molar-refractivity contribution in [2.75, 3.05) is 25.1 Å². The first-order chi connectivity index (χ1) is 14.0. The van der Waals surface area contributed by atoms with Crippen molar-refractivity contribution in [3.05, 3.63) is 70.3 Å². The van der Waals surface area contributed by atoms with Gasteiger partial charge in [-0.05, 0) is 55.0 Å². The zero-order valence-electron chi connectivity index (χ0n) is 15.8. The SMILES string of the molecule is CCOCCOc1ccc(NC(=S)NC(=O)/C=C/c2cccc([N+](=O)[O-])c2)cc1. The molecule has 152 valence electrons. The summed E-state index contributed by atoms with van der Waals surface area (Å²) in [5.41, 5.74) is 1.18. The quantitative estimate of drug-likeness (QED) is 0.212. The minimum atomic E-state index is -0.494. The summed E-state index contributed by atoms with van der Waals surface area (Å²) in [4.78, 5) is 22.2. The van der Waals surface area contributed by atoms with Crippen molar-refractivity contribution in [3.63, 3.8) is 0 Å². The Bertz CT molecular complexity index is 884. The second-order valence-corrected chi connectivity index (χ2v) is 6.11. The van der Waals surface area contributed by atoms with Crippen molar-refractivity contribution < 1.29 is 19.2 Å². The van der Waals surface area contributed by atoms with Crippen LogP contribution < -0.4 is 15.4 Å². The van der Waals surface area contributed by atoms with E-state index in [9.17, 15) is 14.9 Å². The molecule has 0 aromatic heterocycles. The zero-order valence-corrected chi connectivity index (χ0v) is 16.6. The van der Waals surface area contributed by atoms with E-state index in [0.717, 1.165) is 0 Å². The van der Waals surface area contributed by atoms with Gasteiger partial charge in [0.2, 0.25) is 5.91 Å². The Labute approximate surface area is 173 Å². The number of nitro groups is 1. The lowest BCUT2D eigenvalue weighted by molar-refractivity contribution is -0.384. The summed E-state index contributed by atoms with van der Waals surface area (Å²) in [5, 5.41) is 16.3. The van der Waals surface area contributed by atoms with Gasteiger partial charge >= 0.3 is 0 Å². The van der Waals surface area contributed by atoms with Crippen LogP contribution in [0.5, 0.6) is 5.75 Å². The number of nitrogens with one attached hydrogen (secondary N) is 2. The molecule has 9 heteroatoms. The maximum absolute atomic E-state index is 12.0. The monoisotopic (exact) mass is 415 g/mol. The van der Waals surface area contributed by atoms with Crippen LogP contribution in [0.15, 0.2) is 54.6 Å². The van der Waals surface area contributed by atoms with Crippen LogP contribution in [0.4, 0.5) is 11.4 Å². The average molecular weight is 415 g/mol. The molecule has 2 N–H and O–H groups in total. The Morgan fingerprint density at radius 3 is 2.66 bits per heavy atom. The van der Waals surface area contributed by atoms with Gasteiger partial charge < -0.3 is 14.8 Å². The van der Waals surface area contributed by atoms with Crippen LogP contribution in [-0.2, 0) is 9.53 Å². The van der Waals surface area contributed by atoms with Gasteiger partial charge in [0.25, 0.3) is 5.69 Å².